The number of benzene rings is 1. The zero-order valence-electron chi connectivity index (χ0n) is 20.2. The van der Waals surface area contributed by atoms with Crippen LogP contribution in [0.25, 0.3) is 0 Å². The van der Waals surface area contributed by atoms with Crippen LogP contribution in [-0.2, 0) is 19.5 Å². The molecule has 11 heteroatoms. The molecule has 0 fully saturated rings. The molecule has 1 aromatic carbocycles. The third kappa shape index (κ3) is 6.02. The van der Waals surface area contributed by atoms with E-state index >= 15 is 0 Å². The molecule has 182 valence electrons. The van der Waals surface area contributed by atoms with Gasteiger partial charge in [0.05, 0.1) is 11.5 Å². The topological polar surface area (TPSA) is 121 Å². The van der Waals surface area contributed by atoms with Crippen molar-refractivity contribution in [3.63, 3.8) is 0 Å². The second-order valence-corrected chi connectivity index (χ2v) is 9.37. The van der Waals surface area contributed by atoms with Gasteiger partial charge in [-0.15, -0.1) is 10.2 Å². The van der Waals surface area contributed by atoms with E-state index in [-0.39, 0.29) is 11.6 Å². The highest BCUT2D eigenvalue weighted by Gasteiger charge is 2.21. The highest BCUT2D eigenvalue weighted by Crippen LogP contribution is 2.22. The zero-order valence-corrected chi connectivity index (χ0v) is 21.1. The molecule has 0 spiro atoms. The molecule has 3 rings (SSSR count). The molecule has 0 aliphatic heterocycles. The Bertz CT molecular complexity index is 1150. The molecule has 0 radical (unpaired) electrons. The summed E-state index contributed by atoms with van der Waals surface area (Å²) in [6, 6.07) is 7.20. The van der Waals surface area contributed by atoms with Crippen LogP contribution in [0.2, 0.25) is 0 Å². The number of hydrogen-bond donors (Lipinski definition) is 1. The maximum Gasteiger partial charge on any atom is 0.312 e. The number of nitro groups is 1. The fourth-order valence-electron chi connectivity index (χ4n) is 3.79. The van der Waals surface area contributed by atoms with E-state index in [1.807, 2.05) is 18.4 Å². The van der Waals surface area contributed by atoms with Gasteiger partial charge in [0.15, 0.2) is 5.16 Å². The average molecular weight is 486 g/mol. The van der Waals surface area contributed by atoms with Crippen molar-refractivity contribution < 1.29 is 9.72 Å². The first-order chi connectivity index (χ1) is 16.2. The van der Waals surface area contributed by atoms with Crippen molar-refractivity contribution >= 4 is 23.4 Å². The van der Waals surface area contributed by atoms with E-state index in [1.165, 1.54) is 0 Å². The lowest BCUT2D eigenvalue weighted by Gasteiger charge is -2.12. The SMILES string of the molecule is CSc1nnc(CCCNC(=O)c2ccc(Cn3nc(C)c([N+](=O)[O-])c3C)cc2)n1CC(C)C. The minimum atomic E-state index is -0.405. The molecule has 0 saturated carbocycles. The molecule has 0 atom stereocenters. The van der Waals surface area contributed by atoms with E-state index in [1.54, 1.807) is 42.4 Å². The van der Waals surface area contributed by atoms with Gasteiger partial charge in [-0.1, -0.05) is 37.7 Å². The average Bonchev–Trinajstić information content (AvgIpc) is 3.30. The molecule has 3 aromatic rings. The first kappa shape index (κ1) is 25.4. The molecule has 0 aliphatic rings. The number of carbonyl (C=O) groups excluding carboxylic acids is 1. The summed E-state index contributed by atoms with van der Waals surface area (Å²) in [4.78, 5) is 23.3. The molecule has 10 nitrogen and oxygen atoms in total. The summed E-state index contributed by atoms with van der Waals surface area (Å²) >= 11 is 1.59. The first-order valence-corrected chi connectivity index (χ1v) is 12.4. The third-order valence-electron chi connectivity index (χ3n) is 5.46. The van der Waals surface area contributed by atoms with E-state index in [9.17, 15) is 14.9 Å². The van der Waals surface area contributed by atoms with Gasteiger partial charge in [0.2, 0.25) is 0 Å². The van der Waals surface area contributed by atoms with Gasteiger partial charge in [-0.25, -0.2) is 0 Å². The van der Waals surface area contributed by atoms with Crippen LogP contribution >= 0.6 is 11.8 Å². The first-order valence-electron chi connectivity index (χ1n) is 11.2. The van der Waals surface area contributed by atoms with Crippen molar-refractivity contribution in [2.24, 2.45) is 5.92 Å². The van der Waals surface area contributed by atoms with Crippen molar-refractivity contribution in [2.45, 2.75) is 58.8 Å². The van der Waals surface area contributed by atoms with Crippen LogP contribution in [0.1, 0.15) is 53.4 Å². The maximum absolute atomic E-state index is 12.5. The van der Waals surface area contributed by atoms with Crippen LogP contribution in [0.4, 0.5) is 5.69 Å². The van der Waals surface area contributed by atoms with Gasteiger partial charge in [-0.05, 0) is 50.1 Å². The second kappa shape index (κ2) is 11.3. The lowest BCUT2D eigenvalue weighted by Crippen LogP contribution is -2.25. The quantitative estimate of drug-likeness (QED) is 0.190. The zero-order chi connectivity index (χ0) is 24.8. The molecule has 2 aromatic heterocycles. The number of nitrogens with one attached hydrogen (secondary N) is 1. The fourth-order valence-corrected chi connectivity index (χ4v) is 4.32. The van der Waals surface area contributed by atoms with Crippen LogP contribution < -0.4 is 5.32 Å². The molecular weight excluding hydrogens is 454 g/mol. The van der Waals surface area contributed by atoms with E-state index in [2.05, 4.69) is 39.0 Å². The van der Waals surface area contributed by atoms with Gasteiger partial charge >= 0.3 is 5.69 Å². The molecule has 0 bridgehead atoms. The Balaban J connectivity index is 1.53. The Kier molecular flexibility index (Phi) is 8.43. The summed E-state index contributed by atoms with van der Waals surface area (Å²) in [6.07, 6.45) is 3.51. The van der Waals surface area contributed by atoms with Gasteiger partial charge in [0.25, 0.3) is 5.91 Å². The second-order valence-electron chi connectivity index (χ2n) is 8.60. The van der Waals surface area contributed by atoms with Crippen LogP contribution in [0, 0.1) is 29.9 Å². The Hall–Kier alpha value is -3.21. The van der Waals surface area contributed by atoms with E-state index in [4.69, 9.17) is 0 Å². The number of carbonyl (C=O) groups is 1. The molecule has 1 N–H and O–H groups in total. The van der Waals surface area contributed by atoms with Gasteiger partial charge in [0.1, 0.15) is 17.2 Å². The van der Waals surface area contributed by atoms with Crippen molar-refractivity contribution in [2.75, 3.05) is 12.8 Å². The van der Waals surface area contributed by atoms with Crippen molar-refractivity contribution in [3.05, 3.63) is 62.7 Å². The van der Waals surface area contributed by atoms with Gasteiger partial charge < -0.3 is 9.88 Å². The highest BCUT2D eigenvalue weighted by atomic mass is 32.2. The monoisotopic (exact) mass is 485 g/mol. The highest BCUT2D eigenvalue weighted by molar-refractivity contribution is 7.98. The summed E-state index contributed by atoms with van der Waals surface area (Å²) < 4.78 is 3.77. The summed E-state index contributed by atoms with van der Waals surface area (Å²) in [5.74, 6) is 1.31. The minimum Gasteiger partial charge on any atom is -0.352 e. The van der Waals surface area contributed by atoms with E-state index in [0.29, 0.717) is 36.0 Å². The minimum absolute atomic E-state index is 0.0446. The molecule has 2 heterocycles. The fraction of sp³-hybridized carbons (Fsp3) is 0.478. The van der Waals surface area contributed by atoms with Crippen LogP contribution in [0.3, 0.4) is 0 Å². The number of aromatic nitrogens is 5. The van der Waals surface area contributed by atoms with Crippen molar-refractivity contribution in [1.82, 2.24) is 29.9 Å². The van der Waals surface area contributed by atoms with Crippen LogP contribution in [0.15, 0.2) is 29.4 Å². The number of rotatable bonds is 11. The number of nitrogens with zero attached hydrogens (tertiary/aromatic N) is 6. The van der Waals surface area contributed by atoms with Gasteiger partial charge in [-0.2, -0.15) is 5.10 Å². The predicted octanol–water partition coefficient (Wildman–Crippen LogP) is 3.79. The summed E-state index contributed by atoms with van der Waals surface area (Å²) in [5, 5.41) is 27.9. The number of aryl methyl sites for hydroxylation is 2. The van der Waals surface area contributed by atoms with Crippen molar-refractivity contribution in [1.29, 1.82) is 0 Å². The smallest absolute Gasteiger partial charge is 0.312 e. The lowest BCUT2D eigenvalue weighted by molar-refractivity contribution is -0.386. The molecule has 0 saturated heterocycles. The number of hydrogen-bond acceptors (Lipinski definition) is 7. The van der Waals surface area contributed by atoms with Gasteiger partial charge in [0, 0.05) is 25.1 Å². The molecule has 0 unspecified atom stereocenters. The normalized spacial score (nSPS) is 11.2. The predicted molar refractivity (Wildman–Crippen MR) is 131 cm³/mol. The van der Waals surface area contributed by atoms with Crippen LogP contribution in [0.5, 0.6) is 0 Å². The Morgan fingerprint density at radius 3 is 2.50 bits per heavy atom. The summed E-state index contributed by atoms with van der Waals surface area (Å²) in [5.41, 5.74) is 2.42. The summed E-state index contributed by atoms with van der Waals surface area (Å²) in [7, 11) is 0. The van der Waals surface area contributed by atoms with Crippen LogP contribution in [-0.4, -0.2) is 48.2 Å². The Morgan fingerprint density at radius 1 is 1.21 bits per heavy atom. The number of thioether (sulfide) groups is 1. The van der Waals surface area contributed by atoms with E-state index < -0.39 is 4.92 Å². The maximum atomic E-state index is 12.5. The molecule has 0 aliphatic carbocycles. The lowest BCUT2D eigenvalue weighted by atomic mass is 10.1. The third-order valence-corrected chi connectivity index (χ3v) is 6.13. The van der Waals surface area contributed by atoms with E-state index in [0.717, 1.165) is 35.9 Å². The largest absolute Gasteiger partial charge is 0.352 e. The van der Waals surface area contributed by atoms with Gasteiger partial charge in [-0.3, -0.25) is 19.6 Å². The standard InChI is InChI=1S/C23H31N7O3S/c1-15(2)13-28-20(25-26-23(28)34-5)7-6-12-24-22(31)19-10-8-18(9-11-19)14-29-17(4)21(30(32)33)16(3)27-29/h8-11,15H,6-7,12-14H2,1-5H3,(H,24,31). The summed E-state index contributed by atoms with van der Waals surface area (Å²) in [6.45, 7) is 9.47. The Labute approximate surface area is 203 Å². The molecule has 34 heavy (non-hydrogen) atoms. The number of amides is 1. The molecular formula is C23H31N7O3S. The van der Waals surface area contributed by atoms with Crippen molar-refractivity contribution in [3.8, 4) is 0 Å². The molecule has 1 amide bonds. The Morgan fingerprint density at radius 2 is 1.91 bits per heavy atom.